The predicted octanol–water partition coefficient (Wildman–Crippen LogP) is 5.83. The van der Waals surface area contributed by atoms with Gasteiger partial charge in [0.1, 0.15) is 23.1 Å². The second kappa shape index (κ2) is 10.3. The molecule has 3 aromatic rings. The predicted molar refractivity (Wildman–Crippen MR) is 140 cm³/mol. The van der Waals surface area contributed by atoms with Gasteiger partial charge in [0.15, 0.2) is 11.5 Å². The third kappa shape index (κ3) is 5.24. The summed E-state index contributed by atoms with van der Waals surface area (Å²) >= 11 is 0. The van der Waals surface area contributed by atoms with Gasteiger partial charge in [-0.05, 0) is 53.8 Å². The Morgan fingerprint density at radius 2 is 1.78 bits per heavy atom. The monoisotopic (exact) mass is 498 g/mol. The van der Waals surface area contributed by atoms with Gasteiger partial charge in [-0.3, -0.25) is 0 Å². The molecule has 0 aliphatic carbocycles. The average Bonchev–Trinajstić information content (AvgIpc) is 2.87. The number of carbonyl (C=O) groups excluding carboxylic acids is 1. The van der Waals surface area contributed by atoms with E-state index in [-0.39, 0.29) is 16.9 Å². The normalized spacial score (nSPS) is 14.8. The van der Waals surface area contributed by atoms with Crippen molar-refractivity contribution >= 4 is 5.97 Å². The number of nitriles is 1. The minimum Gasteiger partial charge on any atom is -0.493 e. The summed E-state index contributed by atoms with van der Waals surface area (Å²) < 4.78 is 22.5. The van der Waals surface area contributed by atoms with Gasteiger partial charge in [-0.25, -0.2) is 4.79 Å². The topological polar surface area (TPSA) is 104 Å². The zero-order valence-electron chi connectivity index (χ0n) is 21.6. The number of hydrogen-bond acceptors (Lipinski definition) is 7. The number of hydrogen-bond donors (Lipinski definition) is 1. The van der Waals surface area contributed by atoms with Crippen LogP contribution < -0.4 is 24.7 Å². The standard InChI is InChI=1S/C30H30N2O5/c1-6-35-24-14-9-19(15-26(24)34-5)27-22-13-12-21(16-25(22)37-28(32)23(27)17-31)36-29(33)18-7-10-20(11-8-18)30(2,3)4/h7-16,27H,6,32H2,1-5H3. The molecule has 190 valence electrons. The molecule has 1 unspecified atom stereocenters. The van der Waals surface area contributed by atoms with Gasteiger partial charge in [0.05, 0.1) is 25.2 Å². The maximum absolute atomic E-state index is 12.8. The van der Waals surface area contributed by atoms with Crippen molar-refractivity contribution in [3.8, 4) is 29.1 Å². The molecule has 0 saturated carbocycles. The third-order valence-corrected chi connectivity index (χ3v) is 6.21. The van der Waals surface area contributed by atoms with Crippen LogP contribution in [-0.2, 0) is 5.41 Å². The van der Waals surface area contributed by atoms with Crippen LogP contribution in [0.1, 0.15) is 60.7 Å². The highest BCUT2D eigenvalue weighted by Crippen LogP contribution is 2.45. The lowest BCUT2D eigenvalue weighted by atomic mass is 9.83. The van der Waals surface area contributed by atoms with Crippen LogP contribution in [0.4, 0.5) is 0 Å². The number of rotatable bonds is 6. The summed E-state index contributed by atoms with van der Waals surface area (Å²) in [6, 6.07) is 20.1. The Morgan fingerprint density at radius 1 is 1.05 bits per heavy atom. The molecule has 0 radical (unpaired) electrons. The molecule has 0 bridgehead atoms. The second-order valence-electron chi connectivity index (χ2n) is 9.68. The number of fused-ring (bicyclic) bond motifs is 1. The lowest BCUT2D eigenvalue weighted by Gasteiger charge is -2.27. The van der Waals surface area contributed by atoms with Crippen molar-refractivity contribution in [3.05, 3.63) is 94.4 Å². The summed E-state index contributed by atoms with van der Waals surface area (Å²) in [5, 5.41) is 9.86. The molecule has 1 atom stereocenters. The van der Waals surface area contributed by atoms with E-state index in [2.05, 4.69) is 26.8 Å². The Morgan fingerprint density at radius 3 is 2.41 bits per heavy atom. The fourth-order valence-electron chi connectivity index (χ4n) is 4.25. The third-order valence-electron chi connectivity index (χ3n) is 6.21. The highest BCUT2D eigenvalue weighted by atomic mass is 16.5. The molecule has 0 saturated heterocycles. The van der Waals surface area contributed by atoms with Crippen LogP contribution in [0.2, 0.25) is 0 Å². The minimum atomic E-state index is -0.493. The van der Waals surface area contributed by atoms with Crippen molar-refractivity contribution < 1.29 is 23.7 Å². The zero-order chi connectivity index (χ0) is 26.7. The Balaban J connectivity index is 1.65. The van der Waals surface area contributed by atoms with Crippen LogP contribution in [0.25, 0.3) is 0 Å². The molecule has 1 aliphatic rings. The Hall–Kier alpha value is -4.44. The van der Waals surface area contributed by atoms with Gasteiger partial charge in [0, 0.05) is 11.6 Å². The van der Waals surface area contributed by atoms with Gasteiger partial charge in [0.2, 0.25) is 5.88 Å². The molecule has 0 fully saturated rings. The second-order valence-corrected chi connectivity index (χ2v) is 9.68. The van der Waals surface area contributed by atoms with Crippen LogP contribution in [0, 0.1) is 11.3 Å². The van der Waals surface area contributed by atoms with E-state index in [9.17, 15) is 10.1 Å². The fourth-order valence-corrected chi connectivity index (χ4v) is 4.25. The van der Waals surface area contributed by atoms with Crippen LogP contribution in [0.15, 0.2) is 72.1 Å². The highest BCUT2D eigenvalue weighted by Gasteiger charge is 2.32. The van der Waals surface area contributed by atoms with E-state index in [1.807, 2.05) is 31.2 Å². The van der Waals surface area contributed by atoms with Crippen molar-refractivity contribution in [1.29, 1.82) is 5.26 Å². The van der Waals surface area contributed by atoms with E-state index in [0.29, 0.717) is 40.7 Å². The van der Waals surface area contributed by atoms with Crippen molar-refractivity contribution in [1.82, 2.24) is 0 Å². The number of allylic oxidation sites excluding steroid dienone is 1. The maximum atomic E-state index is 12.8. The van der Waals surface area contributed by atoms with Crippen LogP contribution in [0.5, 0.6) is 23.0 Å². The molecule has 37 heavy (non-hydrogen) atoms. The van der Waals surface area contributed by atoms with E-state index in [1.165, 1.54) is 0 Å². The number of nitrogens with two attached hydrogens (primary N) is 1. The molecule has 2 N–H and O–H groups in total. The summed E-state index contributed by atoms with van der Waals surface area (Å²) in [5.41, 5.74) is 9.47. The number of nitrogens with zero attached hydrogens (tertiary/aromatic N) is 1. The minimum absolute atomic E-state index is 0.00547. The average molecular weight is 499 g/mol. The zero-order valence-corrected chi connectivity index (χ0v) is 21.6. The Labute approximate surface area is 217 Å². The lowest BCUT2D eigenvalue weighted by Crippen LogP contribution is -2.21. The largest absolute Gasteiger partial charge is 0.493 e. The molecular formula is C30H30N2O5. The number of ether oxygens (including phenoxy) is 4. The Bertz CT molecular complexity index is 1390. The summed E-state index contributed by atoms with van der Waals surface area (Å²) in [6.45, 7) is 8.73. The number of methoxy groups -OCH3 is 1. The molecule has 0 amide bonds. The smallest absolute Gasteiger partial charge is 0.343 e. The molecule has 1 heterocycles. The lowest BCUT2D eigenvalue weighted by molar-refractivity contribution is 0.0734. The van der Waals surface area contributed by atoms with Crippen LogP contribution in [0.3, 0.4) is 0 Å². The summed E-state index contributed by atoms with van der Waals surface area (Å²) in [6.07, 6.45) is 0. The molecule has 1 aliphatic heterocycles. The number of esters is 1. The molecule has 7 heteroatoms. The van der Waals surface area contributed by atoms with Gasteiger partial charge in [-0.2, -0.15) is 5.26 Å². The first-order valence-electron chi connectivity index (χ1n) is 12.0. The molecule has 0 spiro atoms. The van der Waals surface area contributed by atoms with Crippen LogP contribution >= 0.6 is 0 Å². The first-order chi connectivity index (χ1) is 17.7. The quantitative estimate of drug-likeness (QED) is 0.337. The Kier molecular flexibility index (Phi) is 7.12. The van der Waals surface area contributed by atoms with Gasteiger partial charge in [-0.1, -0.05) is 45.0 Å². The number of carbonyl (C=O) groups is 1. The fraction of sp³-hybridized carbons (Fsp3) is 0.267. The molecule has 4 rings (SSSR count). The van der Waals surface area contributed by atoms with Crippen LogP contribution in [-0.4, -0.2) is 19.7 Å². The highest BCUT2D eigenvalue weighted by molar-refractivity contribution is 5.91. The van der Waals surface area contributed by atoms with Gasteiger partial charge in [0.25, 0.3) is 0 Å². The number of benzene rings is 3. The van der Waals surface area contributed by atoms with Gasteiger partial charge < -0.3 is 24.7 Å². The van der Waals surface area contributed by atoms with Crippen molar-refractivity contribution in [2.45, 2.75) is 39.0 Å². The first-order valence-corrected chi connectivity index (χ1v) is 12.0. The van der Waals surface area contributed by atoms with E-state index >= 15 is 0 Å². The van der Waals surface area contributed by atoms with Gasteiger partial charge >= 0.3 is 5.97 Å². The summed E-state index contributed by atoms with van der Waals surface area (Å²) in [7, 11) is 1.56. The molecule has 7 nitrogen and oxygen atoms in total. The summed E-state index contributed by atoms with van der Waals surface area (Å²) in [5.74, 6) is 0.885. The van der Waals surface area contributed by atoms with Crippen molar-refractivity contribution in [3.63, 3.8) is 0 Å². The molecule has 0 aromatic heterocycles. The van der Waals surface area contributed by atoms with Crippen molar-refractivity contribution in [2.24, 2.45) is 5.73 Å². The van der Waals surface area contributed by atoms with E-state index in [4.69, 9.17) is 24.7 Å². The van der Waals surface area contributed by atoms with Gasteiger partial charge in [-0.15, -0.1) is 0 Å². The van der Waals surface area contributed by atoms with E-state index in [0.717, 1.165) is 11.1 Å². The molecular weight excluding hydrogens is 468 g/mol. The van der Waals surface area contributed by atoms with E-state index in [1.54, 1.807) is 43.5 Å². The first kappa shape index (κ1) is 25.6. The van der Waals surface area contributed by atoms with E-state index < -0.39 is 11.9 Å². The van der Waals surface area contributed by atoms with Crippen molar-refractivity contribution in [2.75, 3.05) is 13.7 Å². The SMILES string of the molecule is CCOc1ccc(C2C(C#N)=C(N)Oc3cc(OC(=O)c4ccc(C(C)(C)C)cc4)ccc32)cc1OC. The summed E-state index contributed by atoms with van der Waals surface area (Å²) in [4.78, 5) is 12.8. The molecule has 3 aromatic carbocycles. The maximum Gasteiger partial charge on any atom is 0.343 e.